The summed E-state index contributed by atoms with van der Waals surface area (Å²) in [7, 11) is 1.33. The summed E-state index contributed by atoms with van der Waals surface area (Å²) in [6, 6.07) is 11.5. The number of benzene rings is 2. The second-order valence-corrected chi connectivity index (χ2v) is 5.97. The van der Waals surface area contributed by atoms with Crippen LogP contribution < -0.4 is 19.5 Å². The van der Waals surface area contributed by atoms with E-state index in [0.29, 0.717) is 12.3 Å². The standard InChI is InChI=1S/C19H22N2O6/c1-13(2)27-15-6-4-14(5-7-15)11-20-19(22)12-26-16-8-9-17(21(23)24)18(10-16)25-3/h4-10,13H,11-12H2,1-3H3,(H,20,22). The third-order valence-electron chi connectivity index (χ3n) is 3.50. The van der Waals surface area contributed by atoms with Gasteiger partial charge in [0.1, 0.15) is 11.5 Å². The molecule has 2 rings (SSSR count). The van der Waals surface area contributed by atoms with Crippen LogP contribution in [0.2, 0.25) is 0 Å². The van der Waals surface area contributed by atoms with E-state index >= 15 is 0 Å². The minimum absolute atomic E-state index is 0.0709. The minimum Gasteiger partial charge on any atom is -0.491 e. The molecule has 0 saturated carbocycles. The number of nitrogens with one attached hydrogen (secondary N) is 1. The zero-order valence-electron chi connectivity index (χ0n) is 15.4. The highest BCUT2D eigenvalue weighted by atomic mass is 16.6. The number of amides is 1. The van der Waals surface area contributed by atoms with E-state index in [4.69, 9.17) is 14.2 Å². The Balaban J connectivity index is 1.83. The van der Waals surface area contributed by atoms with Gasteiger partial charge in [-0.05, 0) is 37.6 Å². The van der Waals surface area contributed by atoms with Crippen molar-refractivity contribution in [1.82, 2.24) is 5.32 Å². The number of nitro groups is 1. The van der Waals surface area contributed by atoms with Crippen molar-refractivity contribution in [3.63, 3.8) is 0 Å². The van der Waals surface area contributed by atoms with E-state index in [1.54, 1.807) is 0 Å². The molecule has 0 saturated heterocycles. The van der Waals surface area contributed by atoms with Crippen LogP contribution in [0.25, 0.3) is 0 Å². The molecule has 1 amide bonds. The van der Waals surface area contributed by atoms with Crippen LogP contribution >= 0.6 is 0 Å². The lowest BCUT2D eigenvalue weighted by Crippen LogP contribution is -2.28. The third-order valence-corrected chi connectivity index (χ3v) is 3.50. The van der Waals surface area contributed by atoms with Crippen molar-refractivity contribution in [2.75, 3.05) is 13.7 Å². The molecule has 2 aromatic rings. The monoisotopic (exact) mass is 374 g/mol. The van der Waals surface area contributed by atoms with Crippen molar-refractivity contribution in [1.29, 1.82) is 0 Å². The van der Waals surface area contributed by atoms with E-state index in [0.717, 1.165) is 11.3 Å². The van der Waals surface area contributed by atoms with Crippen molar-refractivity contribution in [3.05, 3.63) is 58.1 Å². The molecule has 0 aromatic heterocycles. The molecule has 0 fully saturated rings. The Hall–Kier alpha value is -3.29. The van der Waals surface area contributed by atoms with E-state index < -0.39 is 4.92 Å². The van der Waals surface area contributed by atoms with E-state index in [2.05, 4.69) is 5.32 Å². The number of nitrogens with zero attached hydrogens (tertiary/aromatic N) is 1. The van der Waals surface area contributed by atoms with Crippen molar-refractivity contribution < 1.29 is 23.9 Å². The average Bonchev–Trinajstić information content (AvgIpc) is 2.65. The lowest BCUT2D eigenvalue weighted by molar-refractivity contribution is -0.385. The Morgan fingerprint density at radius 2 is 1.81 bits per heavy atom. The SMILES string of the molecule is COc1cc(OCC(=O)NCc2ccc(OC(C)C)cc2)ccc1[N+](=O)[O-]. The van der Waals surface area contributed by atoms with Gasteiger partial charge in [0.25, 0.3) is 5.91 Å². The second kappa shape index (κ2) is 9.42. The number of hydrogen-bond donors (Lipinski definition) is 1. The van der Waals surface area contributed by atoms with Crippen LogP contribution in [0.15, 0.2) is 42.5 Å². The van der Waals surface area contributed by atoms with E-state index in [-0.39, 0.29) is 30.1 Å². The molecular formula is C19H22N2O6. The molecule has 0 aliphatic carbocycles. The summed E-state index contributed by atoms with van der Waals surface area (Å²) in [6.45, 7) is 4.05. The van der Waals surface area contributed by atoms with Gasteiger partial charge in [0, 0.05) is 18.7 Å². The molecule has 0 unspecified atom stereocenters. The Morgan fingerprint density at radius 1 is 1.15 bits per heavy atom. The fourth-order valence-electron chi connectivity index (χ4n) is 2.26. The Kier molecular flexibility index (Phi) is 6.99. The van der Waals surface area contributed by atoms with Crippen molar-refractivity contribution in [2.24, 2.45) is 0 Å². The molecular weight excluding hydrogens is 352 g/mol. The van der Waals surface area contributed by atoms with Crippen LogP contribution in [-0.2, 0) is 11.3 Å². The van der Waals surface area contributed by atoms with E-state index in [1.807, 2.05) is 38.1 Å². The van der Waals surface area contributed by atoms with Crippen molar-refractivity contribution >= 4 is 11.6 Å². The maximum Gasteiger partial charge on any atom is 0.311 e. The summed E-state index contributed by atoms with van der Waals surface area (Å²) in [4.78, 5) is 22.2. The molecule has 0 atom stereocenters. The summed E-state index contributed by atoms with van der Waals surface area (Å²) >= 11 is 0. The largest absolute Gasteiger partial charge is 0.491 e. The third kappa shape index (κ3) is 6.18. The topological polar surface area (TPSA) is 99.9 Å². The van der Waals surface area contributed by atoms with Gasteiger partial charge in [-0.1, -0.05) is 12.1 Å². The molecule has 0 heterocycles. The first-order valence-electron chi connectivity index (χ1n) is 8.36. The first-order valence-corrected chi connectivity index (χ1v) is 8.36. The van der Waals surface area contributed by atoms with E-state index in [9.17, 15) is 14.9 Å². The molecule has 1 N–H and O–H groups in total. The van der Waals surface area contributed by atoms with Gasteiger partial charge in [-0.25, -0.2) is 0 Å². The normalized spacial score (nSPS) is 10.4. The first-order chi connectivity index (χ1) is 12.9. The zero-order chi connectivity index (χ0) is 19.8. The second-order valence-electron chi connectivity index (χ2n) is 5.97. The number of hydrogen-bond acceptors (Lipinski definition) is 6. The Bertz CT molecular complexity index is 789. The highest BCUT2D eigenvalue weighted by Gasteiger charge is 2.15. The van der Waals surface area contributed by atoms with Crippen molar-refractivity contribution in [3.8, 4) is 17.2 Å². The molecule has 0 bridgehead atoms. The number of nitro benzene ring substituents is 1. The predicted octanol–water partition coefficient (Wildman–Crippen LogP) is 3.09. The zero-order valence-corrected chi connectivity index (χ0v) is 15.4. The van der Waals surface area contributed by atoms with Crippen molar-refractivity contribution in [2.45, 2.75) is 26.5 Å². The molecule has 27 heavy (non-hydrogen) atoms. The van der Waals surface area contributed by atoms with Crippen LogP contribution in [0.1, 0.15) is 19.4 Å². The number of methoxy groups -OCH3 is 1. The first kappa shape index (κ1) is 20.0. The number of carbonyl (C=O) groups excluding carboxylic acids is 1. The van der Waals surface area contributed by atoms with Crippen LogP contribution in [-0.4, -0.2) is 30.7 Å². The fraction of sp³-hybridized carbons (Fsp3) is 0.316. The van der Waals surface area contributed by atoms with E-state index in [1.165, 1.54) is 25.3 Å². The van der Waals surface area contributed by atoms with Gasteiger partial charge in [0.15, 0.2) is 6.61 Å². The van der Waals surface area contributed by atoms with Crippen LogP contribution in [0.3, 0.4) is 0 Å². The van der Waals surface area contributed by atoms with Gasteiger partial charge in [-0.3, -0.25) is 14.9 Å². The van der Waals surface area contributed by atoms with Crippen LogP contribution in [0.5, 0.6) is 17.2 Å². The van der Waals surface area contributed by atoms with Crippen LogP contribution in [0.4, 0.5) is 5.69 Å². The molecule has 2 aromatic carbocycles. The number of rotatable bonds is 9. The van der Waals surface area contributed by atoms with Gasteiger partial charge >= 0.3 is 5.69 Å². The Labute approximate surface area is 157 Å². The van der Waals surface area contributed by atoms with Gasteiger partial charge in [0.2, 0.25) is 5.75 Å². The molecule has 8 heteroatoms. The maximum atomic E-state index is 11.9. The average molecular weight is 374 g/mol. The smallest absolute Gasteiger partial charge is 0.311 e. The van der Waals surface area contributed by atoms with Gasteiger partial charge < -0.3 is 19.5 Å². The number of carbonyl (C=O) groups is 1. The lowest BCUT2D eigenvalue weighted by Gasteiger charge is -2.11. The summed E-state index contributed by atoms with van der Waals surface area (Å²) in [5.74, 6) is 0.842. The van der Waals surface area contributed by atoms with Gasteiger partial charge in [-0.2, -0.15) is 0 Å². The summed E-state index contributed by atoms with van der Waals surface area (Å²) in [5.41, 5.74) is 0.760. The van der Waals surface area contributed by atoms with Gasteiger partial charge in [0.05, 0.1) is 18.1 Å². The summed E-state index contributed by atoms with van der Waals surface area (Å²) in [6.07, 6.45) is 0.103. The predicted molar refractivity (Wildman–Crippen MR) is 99.2 cm³/mol. The lowest BCUT2D eigenvalue weighted by atomic mass is 10.2. The fourth-order valence-corrected chi connectivity index (χ4v) is 2.26. The molecule has 8 nitrogen and oxygen atoms in total. The minimum atomic E-state index is -0.549. The highest BCUT2D eigenvalue weighted by molar-refractivity contribution is 5.77. The molecule has 0 spiro atoms. The Morgan fingerprint density at radius 3 is 2.41 bits per heavy atom. The maximum absolute atomic E-state index is 11.9. The van der Waals surface area contributed by atoms with Gasteiger partial charge in [-0.15, -0.1) is 0 Å². The molecule has 144 valence electrons. The molecule has 0 aliphatic rings. The molecule has 0 aliphatic heterocycles. The molecule has 0 radical (unpaired) electrons. The number of ether oxygens (including phenoxy) is 3. The quantitative estimate of drug-likeness (QED) is 0.535. The van der Waals surface area contributed by atoms with Crippen LogP contribution in [0, 0.1) is 10.1 Å². The summed E-state index contributed by atoms with van der Waals surface area (Å²) < 4.78 is 15.9. The summed E-state index contributed by atoms with van der Waals surface area (Å²) in [5, 5.41) is 13.6. The highest BCUT2D eigenvalue weighted by Crippen LogP contribution is 2.30.